The van der Waals surface area contributed by atoms with Crippen LogP contribution in [0.3, 0.4) is 0 Å². The molecule has 7 nitrogen and oxygen atoms in total. The normalized spacial score (nSPS) is 16.8. The SMILES string of the molecule is COCc1nc(NC2CCCN(C(=O)OC)C2)c2c(-c3ccccc3)csc2n1. The van der Waals surface area contributed by atoms with E-state index in [1.54, 1.807) is 23.3 Å². The number of amides is 1. The number of rotatable bonds is 5. The Morgan fingerprint density at radius 2 is 2.10 bits per heavy atom. The molecule has 3 aromatic rings. The van der Waals surface area contributed by atoms with Crippen molar-refractivity contribution in [3.63, 3.8) is 0 Å². The van der Waals surface area contributed by atoms with E-state index in [1.807, 2.05) is 18.2 Å². The third-order valence-electron chi connectivity index (χ3n) is 5.03. The number of piperidine rings is 1. The molecule has 0 radical (unpaired) electrons. The molecule has 1 aromatic carbocycles. The van der Waals surface area contributed by atoms with E-state index in [9.17, 15) is 4.79 Å². The summed E-state index contributed by atoms with van der Waals surface area (Å²) in [5.74, 6) is 1.43. The maximum absolute atomic E-state index is 11.9. The molecule has 1 unspecified atom stereocenters. The summed E-state index contributed by atoms with van der Waals surface area (Å²) < 4.78 is 10.2. The Hall–Kier alpha value is -2.71. The maximum atomic E-state index is 11.9. The molecule has 2 aromatic heterocycles. The lowest BCUT2D eigenvalue weighted by Crippen LogP contribution is -2.45. The van der Waals surface area contributed by atoms with E-state index in [-0.39, 0.29) is 12.1 Å². The molecule has 1 aliphatic rings. The number of benzene rings is 1. The van der Waals surface area contributed by atoms with Gasteiger partial charge in [-0.3, -0.25) is 0 Å². The fourth-order valence-corrected chi connectivity index (χ4v) is 4.66. The molecule has 1 fully saturated rings. The summed E-state index contributed by atoms with van der Waals surface area (Å²) in [5.41, 5.74) is 2.24. The number of aromatic nitrogens is 2. The van der Waals surface area contributed by atoms with Crippen LogP contribution in [0.25, 0.3) is 21.3 Å². The molecule has 8 heteroatoms. The van der Waals surface area contributed by atoms with Crippen molar-refractivity contribution >= 4 is 33.5 Å². The topological polar surface area (TPSA) is 76.6 Å². The molecular formula is C21H24N4O3S. The van der Waals surface area contributed by atoms with Crippen LogP contribution >= 0.6 is 11.3 Å². The molecule has 1 N–H and O–H groups in total. The molecule has 3 heterocycles. The van der Waals surface area contributed by atoms with E-state index in [4.69, 9.17) is 14.5 Å². The van der Waals surface area contributed by atoms with Crippen LogP contribution in [0.2, 0.25) is 0 Å². The smallest absolute Gasteiger partial charge is 0.409 e. The first-order chi connectivity index (χ1) is 14.2. The van der Waals surface area contributed by atoms with Crippen LogP contribution in [0.4, 0.5) is 10.6 Å². The number of nitrogens with zero attached hydrogens (tertiary/aromatic N) is 3. The lowest BCUT2D eigenvalue weighted by molar-refractivity contribution is 0.113. The van der Waals surface area contributed by atoms with Gasteiger partial charge in [-0.25, -0.2) is 14.8 Å². The molecule has 152 valence electrons. The number of ether oxygens (including phenoxy) is 2. The van der Waals surface area contributed by atoms with Gasteiger partial charge in [0.25, 0.3) is 0 Å². The Labute approximate surface area is 173 Å². The number of methoxy groups -OCH3 is 2. The number of likely N-dealkylation sites (tertiary alicyclic amines) is 1. The van der Waals surface area contributed by atoms with Gasteiger partial charge in [-0.2, -0.15) is 0 Å². The van der Waals surface area contributed by atoms with Crippen molar-refractivity contribution in [3.8, 4) is 11.1 Å². The summed E-state index contributed by atoms with van der Waals surface area (Å²) in [6, 6.07) is 10.3. The second-order valence-electron chi connectivity index (χ2n) is 7.02. The van der Waals surface area contributed by atoms with E-state index in [0.29, 0.717) is 25.5 Å². The van der Waals surface area contributed by atoms with Gasteiger partial charge >= 0.3 is 6.09 Å². The van der Waals surface area contributed by atoms with Gasteiger partial charge in [-0.1, -0.05) is 30.3 Å². The van der Waals surface area contributed by atoms with Crippen LogP contribution in [-0.4, -0.2) is 54.3 Å². The highest BCUT2D eigenvalue weighted by molar-refractivity contribution is 7.17. The van der Waals surface area contributed by atoms with Crippen LogP contribution < -0.4 is 5.32 Å². The van der Waals surface area contributed by atoms with Crippen molar-refractivity contribution in [2.45, 2.75) is 25.5 Å². The van der Waals surface area contributed by atoms with Crippen LogP contribution in [-0.2, 0) is 16.1 Å². The average Bonchev–Trinajstić information content (AvgIpc) is 3.18. The molecular weight excluding hydrogens is 388 g/mol. The number of hydrogen-bond donors (Lipinski definition) is 1. The van der Waals surface area contributed by atoms with Crippen molar-refractivity contribution in [3.05, 3.63) is 41.5 Å². The summed E-state index contributed by atoms with van der Waals surface area (Å²) in [4.78, 5) is 24.0. The highest BCUT2D eigenvalue weighted by Gasteiger charge is 2.26. The van der Waals surface area contributed by atoms with Gasteiger partial charge in [-0.15, -0.1) is 11.3 Å². The number of carbonyl (C=O) groups excluding carboxylic acids is 1. The summed E-state index contributed by atoms with van der Waals surface area (Å²) in [6.07, 6.45) is 1.59. The van der Waals surface area contributed by atoms with Gasteiger partial charge in [0.1, 0.15) is 17.3 Å². The monoisotopic (exact) mass is 412 g/mol. The molecule has 29 heavy (non-hydrogen) atoms. The zero-order valence-corrected chi connectivity index (χ0v) is 17.4. The number of nitrogens with one attached hydrogen (secondary N) is 1. The minimum absolute atomic E-state index is 0.0971. The van der Waals surface area contributed by atoms with Crippen LogP contribution in [0.15, 0.2) is 35.7 Å². The van der Waals surface area contributed by atoms with Gasteiger partial charge in [0.2, 0.25) is 0 Å². The van der Waals surface area contributed by atoms with E-state index in [2.05, 4.69) is 27.8 Å². The Kier molecular flexibility index (Phi) is 5.92. The number of fused-ring (bicyclic) bond motifs is 1. The highest BCUT2D eigenvalue weighted by atomic mass is 32.1. The van der Waals surface area contributed by atoms with Gasteiger partial charge in [-0.05, 0) is 18.4 Å². The van der Waals surface area contributed by atoms with Gasteiger partial charge in [0.05, 0.1) is 12.5 Å². The number of carbonyl (C=O) groups is 1. The fraction of sp³-hybridized carbons (Fsp3) is 0.381. The molecule has 1 saturated heterocycles. The summed E-state index contributed by atoms with van der Waals surface area (Å²) in [7, 11) is 3.06. The van der Waals surface area contributed by atoms with Crippen molar-refractivity contribution in [1.29, 1.82) is 0 Å². The lowest BCUT2D eigenvalue weighted by Gasteiger charge is -2.32. The average molecular weight is 413 g/mol. The summed E-state index contributed by atoms with van der Waals surface area (Å²) in [6.45, 7) is 1.65. The number of hydrogen-bond acceptors (Lipinski definition) is 7. The van der Waals surface area contributed by atoms with Crippen molar-refractivity contribution in [1.82, 2.24) is 14.9 Å². The standard InChI is InChI=1S/C21H24N4O3S/c1-27-12-17-23-19(22-15-9-6-10-25(11-15)21(26)28-2)18-16(13-29-20(18)24-17)14-7-4-3-5-8-14/h3-5,7-8,13,15H,6,9-12H2,1-2H3,(H,22,23,24). The van der Waals surface area contributed by atoms with Gasteiger partial charge < -0.3 is 19.7 Å². The van der Waals surface area contributed by atoms with E-state index in [1.165, 1.54) is 7.11 Å². The summed E-state index contributed by atoms with van der Waals surface area (Å²) >= 11 is 1.60. The first kappa shape index (κ1) is 19.6. The molecule has 0 bridgehead atoms. The molecule has 0 saturated carbocycles. The zero-order valence-electron chi connectivity index (χ0n) is 16.6. The minimum atomic E-state index is -0.287. The predicted octanol–water partition coefficient (Wildman–Crippen LogP) is 4.15. The minimum Gasteiger partial charge on any atom is -0.453 e. The zero-order chi connectivity index (χ0) is 20.2. The Bertz CT molecular complexity index is 992. The van der Waals surface area contributed by atoms with Crippen molar-refractivity contribution in [2.75, 3.05) is 32.6 Å². The first-order valence-corrected chi connectivity index (χ1v) is 10.5. The summed E-state index contributed by atoms with van der Waals surface area (Å²) in [5, 5.41) is 6.71. The Morgan fingerprint density at radius 1 is 1.28 bits per heavy atom. The van der Waals surface area contributed by atoms with Gasteiger partial charge in [0, 0.05) is 37.2 Å². The number of anilines is 1. The molecule has 0 aliphatic carbocycles. The van der Waals surface area contributed by atoms with Crippen molar-refractivity contribution < 1.29 is 14.3 Å². The molecule has 4 rings (SSSR count). The van der Waals surface area contributed by atoms with Crippen molar-refractivity contribution in [2.24, 2.45) is 0 Å². The van der Waals surface area contributed by atoms with Crippen LogP contribution in [0.5, 0.6) is 0 Å². The predicted molar refractivity (Wildman–Crippen MR) is 114 cm³/mol. The third kappa shape index (κ3) is 4.18. The lowest BCUT2D eigenvalue weighted by atomic mass is 10.0. The molecule has 1 atom stereocenters. The second-order valence-corrected chi connectivity index (χ2v) is 7.87. The number of thiophene rings is 1. The highest BCUT2D eigenvalue weighted by Crippen LogP contribution is 2.37. The Morgan fingerprint density at radius 3 is 2.86 bits per heavy atom. The van der Waals surface area contributed by atoms with E-state index < -0.39 is 0 Å². The largest absolute Gasteiger partial charge is 0.453 e. The quantitative estimate of drug-likeness (QED) is 0.678. The Balaban J connectivity index is 1.71. The van der Waals surface area contributed by atoms with E-state index >= 15 is 0 Å². The van der Waals surface area contributed by atoms with Gasteiger partial charge in [0.15, 0.2) is 5.82 Å². The second kappa shape index (κ2) is 8.75. The fourth-order valence-electron chi connectivity index (χ4n) is 3.70. The molecule has 1 amide bonds. The third-order valence-corrected chi connectivity index (χ3v) is 5.91. The van der Waals surface area contributed by atoms with Crippen LogP contribution in [0, 0.1) is 0 Å². The molecule has 0 spiro atoms. The van der Waals surface area contributed by atoms with E-state index in [0.717, 1.165) is 40.0 Å². The molecule has 1 aliphatic heterocycles. The first-order valence-electron chi connectivity index (χ1n) is 9.61. The maximum Gasteiger partial charge on any atom is 0.409 e. The van der Waals surface area contributed by atoms with Crippen LogP contribution in [0.1, 0.15) is 18.7 Å².